The van der Waals surface area contributed by atoms with Gasteiger partial charge in [-0.05, 0) is 70.4 Å². The lowest BCUT2D eigenvalue weighted by Crippen LogP contribution is -2.44. The topological polar surface area (TPSA) is 86.7 Å². The Labute approximate surface area is 216 Å². The van der Waals surface area contributed by atoms with Crippen molar-refractivity contribution in [2.45, 2.75) is 13.0 Å². The highest BCUT2D eigenvalue weighted by molar-refractivity contribution is 8.26. The number of thioether (sulfide) groups is 1. The summed E-state index contributed by atoms with van der Waals surface area (Å²) in [5.74, 6) is -1.80. The van der Waals surface area contributed by atoms with E-state index in [1.54, 1.807) is 6.92 Å². The van der Waals surface area contributed by atoms with Crippen LogP contribution in [0, 0.1) is 0 Å². The molecule has 178 valence electrons. The molecule has 1 fully saturated rings. The molecular weight excluding hydrogens is 492 g/mol. The lowest BCUT2D eigenvalue weighted by Gasteiger charge is -2.22. The van der Waals surface area contributed by atoms with Crippen molar-refractivity contribution < 1.29 is 19.5 Å². The predicted molar refractivity (Wildman–Crippen MR) is 148 cm³/mol. The summed E-state index contributed by atoms with van der Waals surface area (Å²) in [6.07, 6.45) is 1.86. The molecule has 1 heterocycles. The van der Waals surface area contributed by atoms with Crippen molar-refractivity contribution in [1.29, 1.82) is 0 Å². The van der Waals surface area contributed by atoms with Crippen molar-refractivity contribution in [3.8, 4) is 0 Å². The second-order valence-electron chi connectivity index (χ2n) is 8.33. The molecule has 0 spiro atoms. The van der Waals surface area contributed by atoms with Crippen molar-refractivity contribution >= 4 is 79.4 Å². The molecule has 2 amide bonds. The first-order chi connectivity index (χ1) is 17.3. The summed E-state index contributed by atoms with van der Waals surface area (Å²) in [7, 11) is 0. The van der Waals surface area contributed by atoms with Crippen LogP contribution in [-0.4, -0.2) is 38.2 Å². The highest BCUT2D eigenvalue weighted by atomic mass is 32.2. The Bertz CT molecular complexity index is 1540. The number of nitrogens with zero attached hydrogens (tertiary/aromatic N) is 1. The number of hydrogen-bond acceptors (Lipinski definition) is 5. The first-order valence-electron chi connectivity index (χ1n) is 11.2. The van der Waals surface area contributed by atoms with Crippen molar-refractivity contribution in [3.05, 3.63) is 94.9 Å². The summed E-state index contributed by atoms with van der Waals surface area (Å²) in [6.45, 7) is 1.61. The molecule has 0 bridgehead atoms. The van der Waals surface area contributed by atoms with E-state index in [9.17, 15) is 14.4 Å². The van der Waals surface area contributed by atoms with Gasteiger partial charge in [-0.3, -0.25) is 14.5 Å². The second-order valence-corrected chi connectivity index (χ2v) is 10.0. The molecule has 1 unspecified atom stereocenters. The van der Waals surface area contributed by atoms with Gasteiger partial charge in [0.05, 0.1) is 10.5 Å². The maximum Gasteiger partial charge on any atom is 0.335 e. The fourth-order valence-corrected chi connectivity index (χ4v) is 5.61. The van der Waals surface area contributed by atoms with E-state index >= 15 is 0 Å². The molecule has 5 rings (SSSR count). The molecule has 4 aromatic carbocycles. The summed E-state index contributed by atoms with van der Waals surface area (Å²) in [6, 6.07) is 23.1. The number of hydrogen-bond donors (Lipinski definition) is 2. The fraction of sp³-hybridized carbons (Fsp3) is 0.0714. The molecule has 0 aromatic heterocycles. The van der Waals surface area contributed by atoms with Gasteiger partial charge >= 0.3 is 5.97 Å². The van der Waals surface area contributed by atoms with Crippen LogP contribution in [0.15, 0.2) is 83.8 Å². The van der Waals surface area contributed by atoms with Gasteiger partial charge < -0.3 is 10.4 Å². The third kappa shape index (κ3) is 4.36. The molecule has 0 saturated carbocycles. The van der Waals surface area contributed by atoms with E-state index in [0.717, 1.165) is 27.1 Å². The third-order valence-corrected chi connectivity index (χ3v) is 7.41. The Morgan fingerprint density at radius 1 is 0.972 bits per heavy atom. The zero-order valence-corrected chi connectivity index (χ0v) is 20.7. The Morgan fingerprint density at radius 3 is 2.14 bits per heavy atom. The molecule has 1 saturated heterocycles. The monoisotopic (exact) mass is 512 g/mol. The molecule has 2 N–H and O–H groups in total. The van der Waals surface area contributed by atoms with Crippen LogP contribution < -0.4 is 5.32 Å². The van der Waals surface area contributed by atoms with Crippen LogP contribution in [-0.2, 0) is 9.59 Å². The average Bonchev–Trinajstić information content (AvgIpc) is 3.16. The molecule has 1 aliphatic rings. The van der Waals surface area contributed by atoms with Crippen LogP contribution in [0.5, 0.6) is 0 Å². The molecule has 4 aromatic rings. The minimum absolute atomic E-state index is 0.115. The van der Waals surface area contributed by atoms with Crippen LogP contribution in [0.4, 0.5) is 5.69 Å². The van der Waals surface area contributed by atoms with Crippen molar-refractivity contribution in [1.82, 2.24) is 4.90 Å². The zero-order chi connectivity index (χ0) is 25.4. The van der Waals surface area contributed by atoms with Gasteiger partial charge in [0.25, 0.3) is 5.91 Å². The fourth-order valence-electron chi connectivity index (χ4n) is 4.21. The molecule has 6 nitrogen and oxygen atoms in total. The number of carboxylic acid groups (broad SMARTS) is 1. The molecule has 0 radical (unpaired) electrons. The summed E-state index contributed by atoms with van der Waals surface area (Å²) in [5.41, 5.74) is 1.48. The molecular formula is C28H20N2O4S2. The normalized spacial score (nSPS) is 15.6. The smallest absolute Gasteiger partial charge is 0.335 e. The molecule has 1 aliphatic heterocycles. The number of aromatic carboxylic acids is 1. The quantitative estimate of drug-likeness (QED) is 0.196. The number of carboxylic acids is 1. The van der Waals surface area contributed by atoms with Crippen LogP contribution >= 0.6 is 24.0 Å². The van der Waals surface area contributed by atoms with E-state index in [1.165, 1.54) is 40.9 Å². The minimum Gasteiger partial charge on any atom is -0.478 e. The molecule has 1 atom stereocenters. The lowest BCUT2D eigenvalue weighted by molar-refractivity contribution is -0.129. The van der Waals surface area contributed by atoms with E-state index in [4.69, 9.17) is 17.3 Å². The van der Waals surface area contributed by atoms with Crippen molar-refractivity contribution in [2.24, 2.45) is 0 Å². The van der Waals surface area contributed by atoms with Gasteiger partial charge in [0.15, 0.2) is 0 Å². The highest BCUT2D eigenvalue weighted by Crippen LogP contribution is 2.37. The summed E-state index contributed by atoms with van der Waals surface area (Å²) < 4.78 is 0.305. The Balaban J connectivity index is 1.44. The number of rotatable bonds is 5. The molecule has 36 heavy (non-hydrogen) atoms. The standard InChI is InChI=1S/C28H20N2O4S2/c1-16(25(31)29-20-12-10-17(11-13-20)27(33)34)30-26(32)24(36-28(30)35)15-23-21-8-4-2-6-18(21)14-19-7-3-5-9-22(19)23/h2-16H,1H3,(H,29,31)(H,33,34)/b24-15-. The van der Waals surface area contributed by atoms with E-state index in [-0.39, 0.29) is 11.5 Å². The van der Waals surface area contributed by atoms with Gasteiger partial charge in [-0.2, -0.15) is 0 Å². The first kappa shape index (κ1) is 23.7. The van der Waals surface area contributed by atoms with Crippen LogP contribution in [0.2, 0.25) is 0 Å². The van der Waals surface area contributed by atoms with Gasteiger partial charge in [-0.15, -0.1) is 0 Å². The minimum atomic E-state index is -1.05. The predicted octanol–water partition coefficient (Wildman–Crippen LogP) is 5.92. The first-order valence-corrected chi connectivity index (χ1v) is 12.4. The number of carbonyl (C=O) groups is 3. The Morgan fingerprint density at radius 2 is 1.56 bits per heavy atom. The Kier molecular flexibility index (Phi) is 6.30. The van der Waals surface area contributed by atoms with Gasteiger partial charge in [0, 0.05) is 5.69 Å². The number of anilines is 1. The maximum atomic E-state index is 13.4. The Hall–Kier alpha value is -4.01. The summed E-state index contributed by atoms with van der Waals surface area (Å²) >= 11 is 6.67. The summed E-state index contributed by atoms with van der Waals surface area (Å²) in [5, 5.41) is 16.0. The average molecular weight is 513 g/mol. The van der Waals surface area contributed by atoms with E-state index < -0.39 is 17.9 Å². The number of carbonyl (C=O) groups excluding carboxylic acids is 2. The summed E-state index contributed by atoms with van der Waals surface area (Å²) in [4.78, 5) is 39.1. The zero-order valence-electron chi connectivity index (χ0n) is 19.1. The van der Waals surface area contributed by atoms with E-state index in [2.05, 4.69) is 11.4 Å². The third-order valence-electron chi connectivity index (χ3n) is 6.08. The van der Waals surface area contributed by atoms with Gasteiger partial charge in [-0.1, -0.05) is 72.5 Å². The van der Waals surface area contributed by atoms with Gasteiger partial charge in [-0.25, -0.2) is 4.79 Å². The largest absolute Gasteiger partial charge is 0.478 e. The highest BCUT2D eigenvalue weighted by Gasteiger charge is 2.38. The number of benzene rings is 4. The lowest BCUT2D eigenvalue weighted by atomic mass is 9.96. The van der Waals surface area contributed by atoms with Crippen LogP contribution in [0.3, 0.4) is 0 Å². The molecule has 8 heteroatoms. The van der Waals surface area contributed by atoms with Crippen molar-refractivity contribution in [3.63, 3.8) is 0 Å². The van der Waals surface area contributed by atoms with E-state index in [1.807, 2.05) is 54.6 Å². The molecule has 0 aliphatic carbocycles. The number of fused-ring (bicyclic) bond motifs is 2. The van der Waals surface area contributed by atoms with Crippen molar-refractivity contribution in [2.75, 3.05) is 5.32 Å². The number of amides is 2. The van der Waals surface area contributed by atoms with Crippen LogP contribution in [0.1, 0.15) is 22.8 Å². The number of nitrogens with one attached hydrogen (secondary N) is 1. The van der Waals surface area contributed by atoms with E-state index in [0.29, 0.717) is 14.9 Å². The van der Waals surface area contributed by atoms with Gasteiger partial charge in [0.1, 0.15) is 10.4 Å². The second kappa shape index (κ2) is 9.56. The SMILES string of the molecule is CC(C(=O)Nc1ccc(C(=O)O)cc1)N1C(=O)/C(=C/c2c3ccccc3cc3ccccc23)SC1=S. The van der Waals surface area contributed by atoms with Crippen LogP contribution in [0.25, 0.3) is 27.6 Å². The maximum absolute atomic E-state index is 13.4. The number of thiocarbonyl (C=S) groups is 1. The van der Waals surface area contributed by atoms with Gasteiger partial charge in [0.2, 0.25) is 5.91 Å².